The van der Waals surface area contributed by atoms with Crippen LogP contribution in [-0.4, -0.2) is 18.7 Å². The first-order chi connectivity index (χ1) is 35.5. The molecule has 0 saturated heterocycles. The van der Waals surface area contributed by atoms with Crippen LogP contribution in [0.3, 0.4) is 0 Å². The zero-order valence-electron chi connectivity index (χ0n) is 42.4. The van der Waals surface area contributed by atoms with Crippen molar-refractivity contribution in [2.45, 2.75) is 55.4 Å². The molecule has 9 aromatic carbocycles. The van der Waals surface area contributed by atoms with E-state index >= 15 is 0 Å². The van der Waals surface area contributed by atoms with Gasteiger partial charge in [-0.05, 0) is 158 Å². The minimum atomic E-state index is 0.761. The molecular weight excluding hydrogens is 891 g/mol. The summed E-state index contributed by atoms with van der Waals surface area (Å²) >= 11 is 0. The van der Waals surface area contributed by atoms with Gasteiger partial charge in [-0.1, -0.05) is 123 Å². The Kier molecular flexibility index (Phi) is 9.31. The lowest BCUT2D eigenvalue weighted by Gasteiger charge is -2.35. The average Bonchev–Trinajstić information content (AvgIpc) is 3.98. The molecule has 1 aliphatic rings. The molecule has 5 heterocycles. The summed E-state index contributed by atoms with van der Waals surface area (Å²) in [6.07, 6.45) is 0. The van der Waals surface area contributed by atoms with E-state index in [1.165, 1.54) is 76.8 Å². The van der Waals surface area contributed by atoms with Crippen LogP contribution in [-0.2, 0) is 0 Å². The van der Waals surface area contributed by atoms with Gasteiger partial charge in [0.05, 0.1) is 44.5 Å². The van der Waals surface area contributed by atoms with E-state index in [1.54, 1.807) is 0 Å². The van der Waals surface area contributed by atoms with Crippen LogP contribution in [0, 0.1) is 55.4 Å². The van der Waals surface area contributed by atoms with Crippen molar-refractivity contribution in [3.8, 4) is 39.8 Å². The molecule has 0 spiro atoms. The number of pyridine rings is 1. The fourth-order valence-corrected chi connectivity index (χ4v) is 12.1. The van der Waals surface area contributed by atoms with Gasteiger partial charge in [0.2, 0.25) is 0 Å². The number of aryl methyl sites for hydroxylation is 8. The Bertz CT molecular complexity index is 4280. The highest BCUT2D eigenvalue weighted by molar-refractivity contribution is 6.15. The van der Waals surface area contributed by atoms with Gasteiger partial charge in [-0.15, -0.1) is 0 Å². The highest BCUT2D eigenvalue weighted by Gasteiger charge is 2.36. The molecule has 0 bridgehead atoms. The third-order valence-electron chi connectivity index (χ3n) is 15.2. The standard InChI is InChI=1S/C67H53N5O/c1-38-17-23-53-47(32-38)48-33-39(2)18-24-54(48)69(53)64-63(46-30-44(7)29-45(8)31-46)65(70-55-25-19-40(3)34-49(55)50-35-41(4)20-26-56(50)70)67(72-59-13-9-11-15-61(59)73-62-16-12-10-14-60(62)72)68-66(64)71-57-27-21-42(5)36-51(57)52-37-43(6)22-28-58(52)71/h9-37H,1-8H3. The summed E-state index contributed by atoms with van der Waals surface area (Å²) in [5.41, 5.74) is 22.1. The normalized spacial score (nSPS) is 12.5. The largest absolute Gasteiger partial charge is 0.453 e. The van der Waals surface area contributed by atoms with E-state index in [0.717, 1.165) is 90.1 Å². The number of para-hydroxylation sites is 4. The van der Waals surface area contributed by atoms with Gasteiger partial charge < -0.3 is 13.9 Å². The fourth-order valence-electron chi connectivity index (χ4n) is 12.1. The van der Waals surface area contributed by atoms with E-state index in [0.29, 0.717) is 0 Å². The first-order valence-electron chi connectivity index (χ1n) is 25.4. The Hall–Kier alpha value is -8.87. The van der Waals surface area contributed by atoms with Crippen molar-refractivity contribution >= 4 is 82.6 Å². The Labute approximate surface area is 424 Å². The van der Waals surface area contributed by atoms with Gasteiger partial charge in [0.25, 0.3) is 0 Å². The number of hydrogen-bond donors (Lipinski definition) is 0. The molecule has 1 aliphatic heterocycles. The van der Waals surface area contributed by atoms with Crippen molar-refractivity contribution in [2.24, 2.45) is 0 Å². The van der Waals surface area contributed by atoms with Crippen LogP contribution in [0.5, 0.6) is 11.5 Å². The molecule has 0 radical (unpaired) electrons. The molecule has 14 rings (SSSR count). The number of rotatable bonds is 5. The van der Waals surface area contributed by atoms with Gasteiger partial charge in [0, 0.05) is 37.9 Å². The first kappa shape index (κ1) is 43.0. The maximum Gasteiger partial charge on any atom is 0.165 e. The molecule has 6 nitrogen and oxygen atoms in total. The summed E-state index contributed by atoms with van der Waals surface area (Å²) in [6, 6.07) is 65.3. The van der Waals surface area contributed by atoms with Crippen LogP contribution in [0.4, 0.5) is 17.2 Å². The summed E-state index contributed by atoms with van der Waals surface area (Å²) in [5, 5.41) is 7.17. The first-order valence-corrected chi connectivity index (χ1v) is 25.4. The minimum absolute atomic E-state index is 0.761. The van der Waals surface area contributed by atoms with E-state index in [9.17, 15) is 0 Å². The maximum atomic E-state index is 6.83. The van der Waals surface area contributed by atoms with Crippen LogP contribution >= 0.6 is 0 Å². The number of ether oxygens (including phenoxy) is 1. The third-order valence-corrected chi connectivity index (χ3v) is 15.2. The van der Waals surface area contributed by atoms with Crippen molar-refractivity contribution in [3.63, 3.8) is 0 Å². The van der Waals surface area contributed by atoms with Crippen molar-refractivity contribution in [1.29, 1.82) is 0 Å². The number of hydrogen-bond acceptors (Lipinski definition) is 3. The zero-order chi connectivity index (χ0) is 49.6. The molecule has 0 amide bonds. The lowest BCUT2D eigenvalue weighted by molar-refractivity contribution is 0.476. The van der Waals surface area contributed by atoms with Crippen molar-refractivity contribution < 1.29 is 4.74 Å². The van der Waals surface area contributed by atoms with Crippen LogP contribution in [0.25, 0.3) is 93.7 Å². The number of fused-ring (bicyclic) bond motifs is 11. The van der Waals surface area contributed by atoms with E-state index in [1.807, 2.05) is 0 Å². The predicted octanol–water partition coefficient (Wildman–Crippen LogP) is 18.1. The number of benzene rings is 9. The molecule has 0 aliphatic carbocycles. The van der Waals surface area contributed by atoms with Crippen LogP contribution in [0.2, 0.25) is 0 Å². The molecule has 13 aromatic rings. The quantitative estimate of drug-likeness (QED) is 0.173. The second-order valence-corrected chi connectivity index (χ2v) is 20.7. The predicted molar refractivity (Wildman–Crippen MR) is 305 cm³/mol. The summed E-state index contributed by atoms with van der Waals surface area (Å²) in [4.78, 5) is 8.78. The summed E-state index contributed by atoms with van der Waals surface area (Å²) in [7, 11) is 0. The van der Waals surface area contributed by atoms with Gasteiger partial charge in [-0.25, -0.2) is 4.98 Å². The molecule has 0 N–H and O–H groups in total. The zero-order valence-corrected chi connectivity index (χ0v) is 42.4. The Morgan fingerprint density at radius 2 is 0.644 bits per heavy atom. The highest BCUT2D eigenvalue weighted by Crippen LogP contribution is 2.55. The Morgan fingerprint density at radius 1 is 0.315 bits per heavy atom. The molecule has 4 aromatic heterocycles. The molecule has 0 unspecified atom stereocenters. The average molecular weight is 944 g/mol. The van der Waals surface area contributed by atoms with Crippen LogP contribution in [0.1, 0.15) is 44.5 Å². The molecule has 0 atom stereocenters. The number of nitrogens with zero attached hydrogens (tertiary/aromatic N) is 5. The van der Waals surface area contributed by atoms with E-state index in [-0.39, 0.29) is 0 Å². The topological polar surface area (TPSA) is 40.1 Å². The number of anilines is 3. The summed E-state index contributed by atoms with van der Waals surface area (Å²) in [6.45, 7) is 17.6. The lowest BCUT2D eigenvalue weighted by Crippen LogP contribution is -2.22. The lowest BCUT2D eigenvalue weighted by atomic mass is 9.96. The SMILES string of the molecule is Cc1cc(C)cc(-c2c(-n3c4ccc(C)cc4c4cc(C)ccc43)c(N3c4ccccc4Oc4ccccc43)nc(-n3c4ccc(C)cc4c4cc(C)ccc43)c2-n2c3ccc(C)cc3c3cc(C)ccc32)c1. The highest BCUT2D eigenvalue weighted by atomic mass is 16.5. The number of aromatic nitrogens is 4. The smallest absolute Gasteiger partial charge is 0.165 e. The summed E-state index contributed by atoms with van der Waals surface area (Å²) < 4.78 is 14.3. The van der Waals surface area contributed by atoms with Gasteiger partial charge in [-0.2, -0.15) is 0 Å². The van der Waals surface area contributed by atoms with Crippen LogP contribution in [0.15, 0.2) is 176 Å². The van der Waals surface area contributed by atoms with Crippen LogP contribution < -0.4 is 9.64 Å². The Morgan fingerprint density at radius 3 is 1.01 bits per heavy atom. The van der Waals surface area contributed by atoms with Gasteiger partial charge in [0.15, 0.2) is 23.1 Å². The minimum Gasteiger partial charge on any atom is -0.453 e. The van der Waals surface area contributed by atoms with E-state index in [2.05, 4.69) is 250 Å². The second-order valence-electron chi connectivity index (χ2n) is 20.7. The van der Waals surface area contributed by atoms with Gasteiger partial charge in [-0.3, -0.25) is 9.47 Å². The van der Waals surface area contributed by atoms with Gasteiger partial charge in [0.1, 0.15) is 11.4 Å². The molecule has 73 heavy (non-hydrogen) atoms. The van der Waals surface area contributed by atoms with Gasteiger partial charge >= 0.3 is 0 Å². The summed E-state index contributed by atoms with van der Waals surface area (Å²) in [5.74, 6) is 3.11. The monoisotopic (exact) mass is 943 g/mol. The fraction of sp³-hybridized carbons (Fsp3) is 0.119. The van der Waals surface area contributed by atoms with Crippen molar-refractivity contribution in [2.75, 3.05) is 4.90 Å². The van der Waals surface area contributed by atoms with Crippen molar-refractivity contribution in [1.82, 2.24) is 18.7 Å². The maximum absolute atomic E-state index is 6.83. The molecule has 6 heteroatoms. The second kappa shape index (κ2) is 15.8. The van der Waals surface area contributed by atoms with E-state index in [4.69, 9.17) is 9.72 Å². The molecule has 0 saturated carbocycles. The van der Waals surface area contributed by atoms with Crippen molar-refractivity contribution in [3.05, 3.63) is 220 Å². The Balaban J connectivity index is 1.32. The third kappa shape index (κ3) is 6.46. The molecule has 0 fully saturated rings. The van der Waals surface area contributed by atoms with E-state index < -0.39 is 0 Å². The molecule has 352 valence electrons. The molecular formula is C67H53N5O.